The van der Waals surface area contributed by atoms with Crippen LogP contribution < -0.4 is 10.2 Å². The Bertz CT molecular complexity index is 847. The number of benzene rings is 2. The van der Waals surface area contributed by atoms with Gasteiger partial charge in [-0.15, -0.1) is 0 Å². The molecule has 132 valence electrons. The summed E-state index contributed by atoms with van der Waals surface area (Å²) in [5.41, 5.74) is 2.23. The number of nitriles is 1. The number of carbonyl (C=O) groups is 1. The van der Waals surface area contributed by atoms with Gasteiger partial charge in [0.25, 0.3) is 5.91 Å². The molecule has 1 amide bonds. The number of rotatable bonds is 4. The molecule has 0 unspecified atom stereocenters. The van der Waals surface area contributed by atoms with Crippen molar-refractivity contribution in [1.29, 1.82) is 5.26 Å². The lowest BCUT2D eigenvalue weighted by atomic mass is 10.1. The monoisotopic (exact) mass is 349 g/mol. The van der Waals surface area contributed by atoms with Crippen molar-refractivity contribution in [2.24, 2.45) is 0 Å². The van der Waals surface area contributed by atoms with Gasteiger partial charge in [0.15, 0.2) is 0 Å². The summed E-state index contributed by atoms with van der Waals surface area (Å²) in [6.07, 6.45) is 1.44. The molecule has 2 aromatic carbocycles. The molecule has 3 rings (SSSR count). The summed E-state index contributed by atoms with van der Waals surface area (Å²) in [6.45, 7) is 3.11. The number of hydrogen-bond donors (Lipinski definition) is 2. The molecule has 0 aromatic heterocycles. The Kier molecular flexibility index (Phi) is 5.52. The molecule has 6 heteroatoms. The molecule has 0 aliphatic carbocycles. The van der Waals surface area contributed by atoms with E-state index in [4.69, 9.17) is 4.74 Å². The van der Waals surface area contributed by atoms with Crippen LogP contribution in [0.1, 0.15) is 5.56 Å². The first-order valence-corrected chi connectivity index (χ1v) is 8.30. The summed E-state index contributed by atoms with van der Waals surface area (Å²) in [4.78, 5) is 14.5. The third kappa shape index (κ3) is 4.41. The van der Waals surface area contributed by atoms with E-state index in [0.717, 1.165) is 18.8 Å². The molecule has 6 nitrogen and oxygen atoms in total. The zero-order valence-corrected chi connectivity index (χ0v) is 14.2. The third-order valence-corrected chi connectivity index (χ3v) is 4.05. The van der Waals surface area contributed by atoms with Gasteiger partial charge >= 0.3 is 0 Å². The molecule has 1 aliphatic rings. The minimum atomic E-state index is -0.491. The molecule has 0 radical (unpaired) electrons. The number of ether oxygens (including phenoxy) is 1. The number of nitrogens with zero attached hydrogens (tertiary/aromatic N) is 2. The van der Waals surface area contributed by atoms with E-state index in [9.17, 15) is 15.2 Å². The Morgan fingerprint density at radius 1 is 1.19 bits per heavy atom. The van der Waals surface area contributed by atoms with Crippen LogP contribution in [0.5, 0.6) is 5.75 Å². The van der Waals surface area contributed by atoms with Crippen LogP contribution in [0.4, 0.5) is 11.4 Å². The van der Waals surface area contributed by atoms with Crippen molar-refractivity contribution in [2.75, 3.05) is 36.5 Å². The molecular weight excluding hydrogens is 330 g/mol. The molecule has 2 N–H and O–H groups in total. The second-order valence-corrected chi connectivity index (χ2v) is 5.87. The Labute approximate surface area is 151 Å². The van der Waals surface area contributed by atoms with Crippen molar-refractivity contribution in [1.82, 2.24) is 0 Å². The van der Waals surface area contributed by atoms with Crippen LogP contribution in [0, 0.1) is 11.3 Å². The second-order valence-electron chi connectivity index (χ2n) is 5.87. The molecule has 0 spiro atoms. The van der Waals surface area contributed by atoms with E-state index in [2.05, 4.69) is 10.2 Å². The summed E-state index contributed by atoms with van der Waals surface area (Å²) in [5, 5.41) is 21.5. The van der Waals surface area contributed by atoms with Crippen molar-refractivity contribution in [3.8, 4) is 11.8 Å². The lowest BCUT2D eigenvalue weighted by Crippen LogP contribution is -2.36. The molecule has 0 atom stereocenters. The number of carbonyl (C=O) groups excluding carboxylic acids is 1. The highest BCUT2D eigenvalue weighted by molar-refractivity contribution is 6.09. The van der Waals surface area contributed by atoms with E-state index in [1.807, 2.05) is 30.3 Å². The van der Waals surface area contributed by atoms with Crippen molar-refractivity contribution in [3.63, 3.8) is 0 Å². The number of phenols is 1. The number of nitrogens with one attached hydrogen (secondary N) is 1. The van der Waals surface area contributed by atoms with Crippen LogP contribution in [0.25, 0.3) is 6.08 Å². The Morgan fingerprint density at radius 2 is 1.92 bits per heavy atom. The highest BCUT2D eigenvalue weighted by atomic mass is 16.5. The topological polar surface area (TPSA) is 85.6 Å². The predicted octanol–water partition coefficient (Wildman–Crippen LogP) is 2.77. The maximum absolute atomic E-state index is 12.3. The van der Waals surface area contributed by atoms with Crippen LogP contribution >= 0.6 is 0 Å². The lowest BCUT2D eigenvalue weighted by Gasteiger charge is -2.28. The molecule has 26 heavy (non-hydrogen) atoms. The fourth-order valence-electron chi connectivity index (χ4n) is 2.71. The van der Waals surface area contributed by atoms with Gasteiger partial charge < -0.3 is 20.1 Å². The van der Waals surface area contributed by atoms with Crippen molar-refractivity contribution < 1.29 is 14.6 Å². The van der Waals surface area contributed by atoms with Gasteiger partial charge in [0.1, 0.15) is 17.4 Å². The fourth-order valence-corrected chi connectivity index (χ4v) is 2.71. The van der Waals surface area contributed by atoms with Gasteiger partial charge in [-0.3, -0.25) is 4.79 Å². The lowest BCUT2D eigenvalue weighted by molar-refractivity contribution is -0.112. The first-order valence-electron chi connectivity index (χ1n) is 8.30. The van der Waals surface area contributed by atoms with Crippen LogP contribution in [-0.2, 0) is 9.53 Å². The van der Waals surface area contributed by atoms with E-state index in [-0.39, 0.29) is 11.3 Å². The number of hydrogen-bond acceptors (Lipinski definition) is 5. The molecule has 1 heterocycles. The largest absolute Gasteiger partial charge is 0.508 e. The van der Waals surface area contributed by atoms with Gasteiger partial charge in [-0.1, -0.05) is 12.1 Å². The van der Waals surface area contributed by atoms with Gasteiger partial charge in [-0.25, -0.2) is 0 Å². The minimum Gasteiger partial charge on any atom is -0.508 e. The zero-order valence-electron chi connectivity index (χ0n) is 14.2. The number of phenolic OH excluding ortho intramolecular Hbond substituents is 1. The zero-order chi connectivity index (χ0) is 18.4. The first kappa shape index (κ1) is 17.5. The standard InChI is InChI=1S/C20H19N3O3/c21-14-16(12-15-2-1-3-19(24)13-15)20(25)22-17-4-6-18(7-5-17)23-8-10-26-11-9-23/h1-7,12-13,24H,8-11H2,(H,22,25)/b16-12+. The smallest absolute Gasteiger partial charge is 0.266 e. The maximum atomic E-state index is 12.3. The third-order valence-electron chi connectivity index (χ3n) is 4.05. The quantitative estimate of drug-likeness (QED) is 0.655. The van der Waals surface area contributed by atoms with E-state index in [1.54, 1.807) is 12.1 Å². The maximum Gasteiger partial charge on any atom is 0.266 e. The fraction of sp³-hybridized carbons (Fsp3) is 0.200. The average molecular weight is 349 g/mol. The molecule has 1 saturated heterocycles. The SMILES string of the molecule is N#C/C(=C\c1cccc(O)c1)C(=O)Nc1ccc(N2CCOCC2)cc1. The second kappa shape index (κ2) is 8.19. The van der Waals surface area contributed by atoms with Crippen molar-refractivity contribution in [3.05, 3.63) is 59.7 Å². The van der Waals surface area contributed by atoms with Gasteiger partial charge in [0.2, 0.25) is 0 Å². The van der Waals surface area contributed by atoms with Crippen molar-refractivity contribution >= 4 is 23.4 Å². The van der Waals surface area contributed by atoms with E-state index in [1.165, 1.54) is 18.2 Å². The Morgan fingerprint density at radius 3 is 2.58 bits per heavy atom. The Hall–Kier alpha value is -3.30. The normalized spacial score (nSPS) is 14.6. The highest BCUT2D eigenvalue weighted by Gasteiger charge is 2.12. The van der Waals surface area contributed by atoms with Gasteiger partial charge in [0.05, 0.1) is 13.2 Å². The number of amides is 1. The molecular formula is C20H19N3O3. The van der Waals surface area contributed by atoms with E-state index < -0.39 is 5.91 Å². The number of morpholine rings is 1. The summed E-state index contributed by atoms with van der Waals surface area (Å²) in [7, 11) is 0. The molecule has 0 bridgehead atoms. The summed E-state index contributed by atoms with van der Waals surface area (Å²) < 4.78 is 5.34. The Balaban J connectivity index is 1.69. The summed E-state index contributed by atoms with van der Waals surface area (Å²) in [5.74, 6) is -0.412. The number of aromatic hydroxyl groups is 1. The van der Waals surface area contributed by atoms with Gasteiger partial charge in [0, 0.05) is 24.5 Å². The van der Waals surface area contributed by atoms with Crippen LogP contribution in [-0.4, -0.2) is 37.3 Å². The molecule has 1 aliphatic heterocycles. The minimum absolute atomic E-state index is 0.0344. The van der Waals surface area contributed by atoms with E-state index in [0.29, 0.717) is 24.5 Å². The van der Waals surface area contributed by atoms with E-state index >= 15 is 0 Å². The van der Waals surface area contributed by atoms with Gasteiger partial charge in [-0.2, -0.15) is 5.26 Å². The average Bonchev–Trinajstić information content (AvgIpc) is 2.67. The summed E-state index contributed by atoms with van der Waals surface area (Å²) in [6, 6.07) is 15.8. The molecule has 1 fully saturated rings. The van der Waals surface area contributed by atoms with Crippen LogP contribution in [0.3, 0.4) is 0 Å². The van der Waals surface area contributed by atoms with Crippen LogP contribution in [0.15, 0.2) is 54.1 Å². The number of anilines is 2. The highest BCUT2D eigenvalue weighted by Crippen LogP contribution is 2.20. The van der Waals surface area contributed by atoms with Crippen LogP contribution in [0.2, 0.25) is 0 Å². The van der Waals surface area contributed by atoms with Crippen molar-refractivity contribution in [2.45, 2.75) is 0 Å². The predicted molar refractivity (Wildman–Crippen MR) is 99.8 cm³/mol. The molecule has 2 aromatic rings. The first-order chi connectivity index (χ1) is 12.7. The molecule has 0 saturated carbocycles. The summed E-state index contributed by atoms with van der Waals surface area (Å²) >= 11 is 0. The van der Waals surface area contributed by atoms with Gasteiger partial charge in [-0.05, 0) is 48.0 Å².